The molecule has 1 aliphatic rings. The molecule has 1 heterocycles. The lowest BCUT2D eigenvalue weighted by Crippen LogP contribution is -2.54. The van der Waals surface area contributed by atoms with E-state index in [0.717, 1.165) is 0 Å². The molecule has 2 N–H and O–H groups in total. The van der Waals surface area contributed by atoms with Crippen LogP contribution in [0.25, 0.3) is 0 Å². The average Bonchev–Trinajstić information content (AvgIpc) is 2.75. The number of esters is 1. The summed E-state index contributed by atoms with van der Waals surface area (Å²) in [5.41, 5.74) is -1.31. The van der Waals surface area contributed by atoms with Crippen LogP contribution < -0.4 is 5.32 Å². The third kappa shape index (κ3) is 4.17. The molecule has 7 heteroatoms. The SMILES string of the molecule is COC(=O)C1CC(C(=O)O)OC1(CCC(C)C)NC(C)=O. The Kier molecular flexibility index (Phi) is 5.71. The van der Waals surface area contributed by atoms with E-state index in [2.05, 4.69) is 5.32 Å². The van der Waals surface area contributed by atoms with E-state index >= 15 is 0 Å². The molecule has 0 spiro atoms. The molecule has 0 aromatic carbocycles. The van der Waals surface area contributed by atoms with Gasteiger partial charge in [-0.25, -0.2) is 4.79 Å². The van der Waals surface area contributed by atoms with Crippen LogP contribution in [0.4, 0.5) is 0 Å². The molecular weight excluding hydrogens is 278 g/mol. The molecule has 21 heavy (non-hydrogen) atoms. The molecule has 3 unspecified atom stereocenters. The van der Waals surface area contributed by atoms with Gasteiger partial charge in [0.05, 0.1) is 7.11 Å². The number of hydrogen-bond acceptors (Lipinski definition) is 5. The Bertz CT molecular complexity index is 422. The minimum Gasteiger partial charge on any atom is -0.479 e. The Balaban J connectivity index is 3.10. The number of rotatable bonds is 6. The zero-order valence-corrected chi connectivity index (χ0v) is 12.8. The molecule has 7 nitrogen and oxygen atoms in total. The van der Waals surface area contributed by atoms with Crippen LogP contribution in [0.5, 0.6) is 0 Å². The number of methoxy groups -OCH3 is 1. The molecule has 0 aromatic rings. The van der Waals surface area contributed by atoms with Gasteiger partial charge in [-0.1, -0.05) is 13.8 Å². The standard InChI is InChI=1S/C14H23NO6/c1-8(2)5-6-14(15-9(3)16)10(13(19)20-4)7-11(21-14)12(17)18/h8,10-11H,5-7H2,1-4H3,(H,15,16)(H,17,18). The van der Waals surface area contributed by atoms with Crippen LogP contribution in [0.15, 0.2) is 0 Å². The molecule has 3 atom stereocenters. The number of carbonyl (C=O) groups is 3. The van der Waals surface area contributed by atoms with Gasteiger partial charge < -0.3 is 19.9 Å². The van der Waals surface area contributed by atoms with Crippen LogP contribution in [0.1, 0.15) is 40.0 Å². The van der Waals surface area contributed by atoms with Crippen LogP contribution in [-0.2, 0) is 23.9 Å². The van der Waals surface area contributed by atoms with Crippen LogP contribution in [0, 0.1) is 11.8 Å². The van der Waals surface area contributed by atoms with Crippen molar-refractivity contribution in [2.75, 3.05) is 7.11 Å². The predicted molar refractivity (Wildman–Crippen MR) is 73.3 cm³/mol. The lowest BCUT2D eigenvalue weighted by molar-refractivity contribution is -0.168. The van der Waals surface area contributed by atoms with E-state index < -0.39 is 29.7 Å². The van der Waals surface area contributed by atoms with Gasteiger partial charge in [0.25, 0.3) is 0 Å². The first kappa shape index (κ1) is 17.4. The summed E-state index contributed by atoms with van der Waals surface area (Å²) in [7, 11) is 1.23. The summed E-state index contributed by atoms with van der Waals surface area (Å²) in [4.78, 5) is 34.6. The van der Waals surface area contributed by atoms with Gasteiger partial charge in [-0.15, -0.1) is 0 Å². The van der Waals surface area contributed by atoms with E-state index in [1.54, 1.807) is 0 Å². The first-order chi connectivity index (χ1) is 9.71. The van der Waals surface area contributed by atoms with Gasteiger partial charge in [-0.2, -0.15) is 0 Å². The van der Waals surface area contributed by atoms with Gasteiger partial charge in [0, 0.05) is 13.3 Å². The molecule has 1 fully saturated rings. The maximum absolute atomic E-state index is 12.0. The Morgan fingerprint density at radius 2 is 2.05 bits per heavy atom. The van der Waals surface area contributed by atoms with Crippen LogP contribution >= 0.6 is 0 Å². The summed E-state index contributed by atoms with van der Waals surface area (Å²) in [5, 5.41) is 11.8. The molecule has 1 aliphatic heterocycles. The topological polar surface area (TPSA) is 102 Å². The zero-order chi connectivity index (χ0) is 16.2. The van der Waals surface area contributed by atoms with Crippen molar-refractivity contribution in [1.82, 2.24) is 5.32 Å². The summed E-state index contributed by atoms with van der Waals surface area (Å²) in [5.74, 6) is -2.61. The molecule has 0 saturated carbocycles. The van der Waals surface area contributed by atoms with E-state index in [4.69, 9.17) is 14.6 Å². The first-order valence-corrected chi connectivity index (χ1v) is 6.99. The number of carbonyl (C=O) groups excluding carboxylic acids is 2. The smallest absolute Gasteiger partial charge is 0.332 e. The third-order valence-corrected chi connectivity index (χ3v) is 3.61. The maximum Gasteiger partial charge on any atom is 0.332 e. The fourth-order valence-corrected chi connectivity index (χ4v) is 2.58. The van der Waals surface area contributed by atoms with Crippen molar-refractivity contribution in [3.8, 4) is 0 Å². The minimum atomic E-state index is -1.31. The number of amides is 1. The van der Waals surface area contributed by atoms with E-state index in [1.807, 2.05) is 13.8 Å². The first-order valence-electron chi connectivity index (χ1n) is 6.99. The highest BCUT2D eigenvalue weighted by molar-refractivity contribution is 5.81. The second kappa shape index (κ2) is 6.89. The zero-order valence-electron chi connectivity index (χ0n) is 12.8. The van der Waals surface area contributed by atoms with Gasteiger partial charge in [-0.3, -0.25) is 9.59 Å². The Morgan fingerprint density at radius 3 is 2.48 bits per heavy atom. The van der Waals surface area contributed by atoms with Crippen molar-refractivity contribution in [2.24, 2.45) is 11.8 Å². The fourth-order valence-electron chi connectivity index (χ4n) is 2.58. The summed E-state index contributed by atoms with van der Waals surface area (Å²) < 4.78 is 10.3. The number of aliphatic carboxylic acids is 1. The minimum absolute atomic E-state index is 0.0135. The van der Waals surface area contributed by atoms with Crippen molar-refractivity contribution < 1.29 is 29.0 Å². The second-order valence-corrected chi connectivity index (χ2v) is 5.76. The maximum atomic E-state index is 12.0. The monoisotopic (exact) mass is 301 g/mol. The highest BCUT2D eigenvalue weighted by Gasteiger charge is 2.55. The number of hydrogen-bond donors (Lipinski definition) is 2. The Morgan fingerprint density at radius 1 is 1.43 bits per heavy atom. The van der Waals surface area contributed by atoms with E-state index in [1.165, 1.54) is 14.0 Å². The van der Waals surface area contributed by atoms with Crippen molar-refractivity contribution in [1.29, 1.82) is 0 Å². The fraction of sp³-hybridized carbons (Fsp3) is 0.786. The van der Waals surface area contributed by atoms with Crippen molar-refractivity contribution in [3.63, 3.8) is 0 Å². The van der Waals surface area contributed by atoms with Crippen molar-refractivity contribution >= 4 is 17.8 Å². The van der Waals surface area contributed by atoms with Crippen LogP contribution in [0.3, 0.4) is 0 Å². The average molecular weight is 301 g/mol. The molecule has 0 aliphatic carbocycles. The quantitative estimate of drug-likeness (QED) is 0.707. The molecule has 120 valence electrons. The van der Waals surface area contributed by atoms with Gasteiger partial charge in [-0.05, 0) is 18.8 Å². The molecule has 0 bridgehead atoms. The number of nitrogens with one attached hydrogen (secondary N) is 1. The normalized spacial score (nSPS) is 28.4. The second-order valence-electron chi connectivity index (χ2n) is 5.76. The van der Waals surface area contributed by atoms with Crippen molar-refractivity contribution in [2.45, 2.75) is 51.9 Å². The highest BCUT2D eigenvalue weighted by Crippen LogP contribution is 2.39. The van der Waals surface area contributed by atoms with E-state index in [9.17, 15) is 14.4 Å². The van der Waals surface area contributed by atoms with Gasteiger partial charge in [0.15, 0.2) is 11.8 Å². The molecule has 0 aromatic heterocycles. The Labute approximate surface area is 124 Å². The molecule has 1 saturated heterocycles. The van der Waals surface area contributed by atoms with E-state index in [0.29, 0.717) is 18.8 Å². The number of carboxylic acid groups (broad SMARTS) is 1. The lowest BCUT2D eigenvalue weighted by Gasteiger charge is -2.34. The third-order valence-electron chi connectivity index (χ3n) is 3.61. The Hall–Kier alpha value is -1.63. The highest BCUT2D eigenvalue weighted by atomic mass is 16.6. The van der Waals surface area contributed by atoms with Gasteiger partial charge >= 0.3 is 11.9 Å². The van der Waals surface area contributed by atoms with Crippen molar-refractivity contribution in [3.05, 3.63) is 0 Å². The van der Waals surface area contributed by atoms with Gasteiger partial charge in [0.2, 0.25) is 5.91 Å². The van der Waals surface area contributed by atoms with E-state index in [-0.39, 0.29) is 12.3 Å². The van der Waals surface area contributed by atoms with Gasteiger partial charge in [0.1, 0.15) is 5.92 Å². The summed E-state index contributed by atoms with van der Waals surface area (Å²) in [6.07, 6.45) is -0.109. The largest absolute Gasteiger partial charge is 0.479 e. The number of ether oxygens (including phenoxy) is 2. The summed E-state index contributed by atoms with van der Waals surface area (Å²) in [6, 6.07) is 0. The number of carboxylic acids is 1. The molecule has 1 amide bonds. The molecule has 0 radical (unpaired) electrons. The predicted octanol–water partition coefficient (Wildman–Crippen LogP) is 0.918. The molecular formula is C14H23NO6. The van der Waals surface area contributed by atoms with Crippen LogP contribution in [0.2, 0.25) is 0 Å². The van der Waals surface area contributed by atoms with Crippen LogP contribution in [-0.4, -0.2) is 41.9 Å². The lowest BCUT2D eigenvalue weighted by atomic mass is 9.88. The summed E-state index contributed by atoms with van der Waals surface area (Å²) in [6.45, 7) is 5.30. The molecule has 1 rings (SSSR count). The summed E-state index contributed by atoms with van der Waals surface area (Å²) >= 11 is 0.